The van der Waals surface area contributed by atoms with E-state index in [4.69, 9.17) is 5.73 Å². The van der Waals surface area contributed by atoms with Crippen LogP contribution in [0.5, 0.6) is 0 Å². The molecule has 1 radical (unpaired) electrons. The number of fused-ring (bicyclic) bond motifs is 1. The number of rotatable bonds is 0. The Kier molecular flexibility index (Phi) is 1.25. The van der Waals surface area contributed by atoms with Crippen molar-refractivity contribution in [1.29, 1.82) is 0 Å². The highest BCUT2D eigenvalue weighted by Crippen LogP contribution is 2.14. The zero-order valence-electron chi connectivity index (χ0n) is 5.91. The topological polar surface area (TPSA) is 36.7 Å². The molecule has 0 spiro atoms. The number of nitrogens with zero attached hydrogens (tertiary/aromatic N) is 1. The summed E-state index contributed by atoms with van der Waals surface area (Å²) in [7, 11) is 0. The van der Waals surface area contributed by atoms with E-state index in [-0.39, 0.29) is 0 Å². The highest BCUT2D eigenvalue weighted by molar-refractivity contribution is 5.80. The molecule has 0 fully saturated rings. The fraction of sp³-hybridized carbons (Fsp3) is 0. The summed E-state index contributed by atoms with van der Waals surface area (Å²) in [6.45, 7) is 0. The Balaban J connectivity index is 2.83. The minimum Gasteiger partial charge on any atom is -0.301 e. The van der Waals surface area contributed by atoms with Gasteiger partial charge in [0.25, 0.3) is 0 Å². The minimum atomic E-state index is 0.533. The molecule has 0 aliphatic heterocycles. The molecular weight excluding hydrogens is 136 g/mol. The first-order valence-corrected chi connectivity index (χ1v) is 3.43. The molecule has 0 bridgehead atoms. The van der Waals surface area contributed by atoms with Crippen LogP contribution in [0.3, 0.4) is 0 Å². The second-order valence-electron chi connectivity index (χ2n) is 2.41. The first-order valence-electron chi connectivity index (χ1n) is 3.43. The predicted molar refractivity (Wildman–Crippen MR) is 44.5 cm³/mol. The number of benzene rings is 1. The lowest BCUT2D eigenvalue weighted by Crippen LogP contribution is -1.76. The van der Waals surface area contributed by atoms with E-state index in [1.54, 1.807) is 12.3 Å². The minimum absolute atomic E-state index is 0.533. The highest BCUT2D eigenvalue weighted by Gasteiger charge is 1.91. The molecule has 0 atom stereocenters. The van der Waals surface area contributed by atoms with Gasteiger partial charge in [-0.3, -0.25) is 4.98 Å². The average molecular weight is 143 g/mol. The molecule has 1 aromatic heterocycles. The Labute approximate surface area is 64.7 Å². The third-order valence-electron chi connectivity index (χ3n) is 1.60. The number of hydrogen-bond acceptors (Lipinski definition) is 1. The Hall–Kier alpha value is -1.57. The first kappa shape index (κ1) is 6.16. The fourth-order valence-corrected chi connectivity index (χ4v) is 1.08. The molecule has 0 saturated heterocycles. The van der Waals surface area contributed by atoms with E-state index < -0.39 is 0 Å². The van der Waals surface area contributed by atoms with Crippen LogP contribution in [0.15, 0.2) is 36.5 Å². The molecule has 1 N–H and O–H groups in total. The van der Waals surface area contributed by atoms with Crippen LogP contribution in [-0.2, 0) is 0 Å². The van der Waals surface area contributed by atoms with Gasteiger partial charge in [0, 0.05) is 11.6 Å². The largest absolute Gasteiger partial charge is 0.301 e. The van der Waals surface area contributed by atoms with Crippen LogP contribution >= 0.6 is 0 Å². The van der Waals surface area contributed by atoms with Gasteiger partial charge in [0.15, 0.2) is 0 Å². The second-order valence-corrected chi connectivity index (χ2v) is 2.41. The van der Waals surface area contributed by atoms with Gasteiger partial charge in [-0.15, -0.1) is 0 Å². The lowest BCUT2D eigenvalue weighted by Gasteiger charge is -1.95. The molecule has 1 aromatic carbocycles. The van der Waals surface area contributed by atoms with Crippen molar-refractivity contribution in [2.24, 2.45) is 0 Å². The normalized spacial score (nSPS) is 10.2. The van der Waals surface area contributed by atoms with Gasteiger partial charge in [-0.1, -0.05) is 6.07 Å². The maximum atomic E-state index is 7.35. The van der Waals surface area contributed by atoms with Crippen LogP contribution in [0, 0.1) is 0 Å². The van der Waals surface area contributed by atoms with Crippen molar-refractivity contribution in [3.63, 3.8) is 0 Å². The molecule has 53 valence electrons. The van der Waals surface area contributed by atoms with Gasteiger partial charge in [-0.2, -0.15) is 0 Å². The number of hydrogen-bond donors (Lipinski definition) is 0. The molecule has 0 amide bonds. The molecule has 0 saturated carbocycles. The van der Waals surface area contributed by atoms with Crippen LogP contribution in [-0.4, -0.2) is 4.98 Å². The van der Waals surface area contributed by atoms with E-state index in [0.29, 0.717) is 5.69 Å². The highest BCUT2D eigenvalue weighted by atomic mass is 14.6. The van der Waals surface area contributed by atoms with E-state index in [0.717, 1.165) is 10.9 Å². The summed E-state index contributed by atoms with van der Waals surface area (Å²) in [4.78, 5) is 4.14. The summed E-state index contributed by atoms with van der Waals surface area (Å²) in [5, 5.41) is 1.03. The van der Waals surface area contributed by atoms with E-state index in [9.17, 15) is 0 Å². The van der Waals surface area contributed by atoms with Crippen molar-refractivity contribution >= 4 is 16.6 Å². The Morgan fingerprint density at radius 3 is 3.00 bits per heavy atom. The molecule has 2 nitrogen and oxygen atoms in total. The third-order valence-corrected chi connectivity index (χ3v) is 1.60. The molecule has 11 heavy (non-hydrogen) atoms. The van der Waals surface area contributed by atoms with E-state index >= 15 is 0 Å². The fourth-order valence-electron chi connectivity index (χ4n) is 1.08. The number of pyridine rings is 1. The van der Waals surface area contributed by atoms with Gasteiger partial charge in [-0.25, -0.2) is 0 Å². The van der Waals surface area contributed by atoms with E-state index in [1.807, 2.05) is 24.3 Å². The van der Waals surface area contributed by atoms with Crippen molar-refractivity contribution in [3.8, 4) is 0 Å². The summed E-state index contributed by atoms with van der Waals surface area (Å²) in [5.41, 5.74) is 8.83. The SMILES string of the molecule is [NH]c1ccc2ncccc2c1. The molecule has 1 heterocycles. The smallest absolute Gasteiger partial charge is 0.0703 e. The maximum absolute atomic E-state index is 7.35. The molecule has 2 rings (SSSR count). The Morgan fingerprint density at radius 1 is 1.18 bits per heavy atom. The Morgan fingerprint density at radius 2 is 2.09 bits per heavy atom. The summed E-state index contributed by atoms with van der Waals surface area (Å²) in [6.07, 6.45) is 1.76. The summed E-state index contributed by atoms with van der Waals surface area (Å²) in [5.74, 6) is 0. The maximum Gasteiger partial charge on any atom is 0.0703 e. The van der Waals surface area contributed by atoms with Gasteiger partial charge in [0.1, 0.15) is 0 Å². The van der Waals surface area contributed by atoms with Crippen LogP contribution in [0.2, 0.25) is 0 Å². The van der Waals surface area contributed by atoms with Gasteiger partial charge < -0.3 is 5.73 Å². The standard InChI is InChI=1S/C9H7N2/c10-8-3-4-9-7(6-8)2-1-5-11-9/h1-6,10H. The van der Waals surface area contributed by atoms with E-state index in [1.165, 1.54) is 0 Å². The van der Waals surface area contributed by atoms with Crippen LogP contribution in [0.25, 0.3) is 10.9 Å². The first-order chi connectivity index (χ1) is 5.36. The van der Waals surface area contributed by atoms with Gasteiger partial charge >= 0.3 is 0 Å². The average Bonchev–Trinajstić information content (AvgIpc) is 2.04. The predicted octanol–water partition coefficient (Wildman–Crippen LogP) is 2.15. The zero-order chi connectivity index (χ0) is 7.68. The van der Waals surface area contributed by atoms with Crippen LogP contribution in [0.4, 0.5) is 5.69 Å². The quantitative estimate of drug-likeness (QED) is 0.556. The van der Waals surface area contributed by atoms with Crippen LogP contribution in [0.1, 0.15) is 0 Å². The summed E-state index contributed by atoms with van der Waals surface area (Å²) in [6, 6.07) is 9.25. The molecule has 0 unspecified atom stereocenters. The van der Waals surface area contributed by atoms with Crippen molar-refractivity contribution in [2.75, 3.05) is 0 Å². The number of aromatic nitrogens is 1. The van der Waals surface area contributed by atoms with Gasteiger partial charge in [0.2, 0.25) is 0 Å². The monoisotopic (exact) mass is 143 g/mol. The van der Waals surface area contributed by atoms with Gasteiger partial charge in [0.05, 0.1) is 11.2 Å². The molecule has 2 heteroatoms. The molecule has 0 aliphatic rings. The molecular formula is C9H7N2. The second kappa shape index (κ2) is 2.23. The molecule has 2 aromatic rings. The summed E-state index contributed by atoms with van der Waals surface area (Å²) >= 11 is 0. The molecule has 0 aliphatic carbocycles. The van der Waals surface area contributed by atoms with Crippen molar-refractivity contribution in [1.82, 2.24) is 10.7 Å². The lowest BCUT2D eigenvalue weighted by atomic mass is 10.2. The van der Waals surface area contributed by atoms with E-state index in [2.05, 4.69) is 4.98 Å². The van der Waals surface area contributed by atoms with Gasteiger partial charge in [-0.05, 0) is 24.3 Å². The third kappa shape index (κ3) is 1.03. The summed E-state index contributed by atoms with van der Waals surface area (Å²) < 4.78 is 0. The number of nitrogens with one attached hydrogen (secondary N) is 1. The Bertz CT molecular complexity index is 382. The van der Waals surface area contributed by atoms with Crippen LogP contribution < -0.4 is 5.73 Å². The zero-order valence-corrected chi connectivity index (χ0v) is 5.91. The lowest BCUT2D eigenvalue weighted by molar-refractivity contribution is 1.40. The van der Waals surface area contributed by atoms with Crippen molar-refractivity contribution in [3.05, 3.63) is 36.5 Å². The van der Waals surface area contributed by atoms with Crippen molar-refractivity contribution < 1.29 is 0 Å². The van der Waals surface area contributed by atoms with Crippen molar-refractivity contribution in [2.45, 2.75) is 0 Å².